The zero-order valence-corrected chi connectivity index (χ0v) is 11.1. The number of likely N-dealkylation sites (tertiary alicyclic amines) is 2. The lowest BCUT2D eigenvalue weighted by Crippen LogP contribution is -2.46. The number of hydrogen-bond donors (Lipinski definition) is 1. The Hall–Kier alpha value is -0.160. The Morgan fingerprint density at radius 3 is 2.47 bits per heavy atom. The maximum Gasteiger partial charge on any atom is 0.0698 e. The molecule has 17 heavy (non-hydrogen) atoms. The van der Waals surface area contributed by atoms with Gasteiger partial charge < -0.3 is 15.4 Å². The van der Waals surface area contributed by atoms with Crippen LogP contribution in [0.4, 0.5) is 0 Å². The summed E-state index contributed by atoms with van der Waals surface area (Å²) in [5.74, 6) is 0. The molecule has 2 heterocycles. The predicted molar refractivity (Wildman–Crippen MR) is 70.1 cm³/mol. The minimum Gasteiger partial charge on any atom is -0.380 e. The molecule has 0 spiro atoms. The van der Waals surface area contributed by atoms with Crippen molar-refractivity contribution in [2.45, 2.75) is 37.8 Å². The molecule has 2 saturated heterocycles. The highest BCUT2D eigenvalue weighted by Gasteiger charge is 2.21. The first-order valence-corrected chi connectivity index (χ1v) is 7.01. The van der Waals surface area contributed by atoms with Crippen molar-refractivity contribution in [3.63, 3.8) is 0 Å². The van der Waals surface area contributed by atoms with Gasteiger partial charge in [-0.25, -0.2) is 0 Å². The van der Waals surface area contributed by atoms with Gasteiger partial charge in [0.05, 0.1) is 6.10 Å². The molecule has 0 saturated carbocycles. The van der Waals surface area contributed by atoms with Crippen LogP contribution >= 0.6 is 0 Å². The highest BCUT2D eigenvalue weighted by atomic mass is 16.5. The van der Waals surface area contributed by atoms with Crippen LogP contribution in [0.3, 0.4) is 0 Å². The second-order valence-corrected chi connectivity index (χ2v) is 5.48. The second kappa shape index (κ2) is 6.69. The van der Waals surface area contributed by atoms with Gasteiger partial charge in [-0.15, -0.1) is 0 Å². The van der Waals surface area contributed by atoms with Gasteiger partial charge in [0, 0.05) is 32.8 Å². The third kappa shape index (κ3) is 4.21. The first kappa shape index (κ1) is 13.3. The van der Waals surface area contributed by atoms with Gasteiger partial charge in [-0.2, -0.15) is 0 Å². The molecule has 2 fully saturated rings. The number of hydrogen-bond acceptors (Lipinski definition) is 4. The Morgan fingerprint density at radius 2 is 1.76 bits per heavy atom. The molecule has 0 amide bonds. The van der Waals surface area contributed by atoms with Crippen LogP contribution in [-0.2, 0) is 4.74 Å². The number of methoxy groups -OCH3 is 1. The average molecular weight is 241 g/mol. The molecule has 1 atom stereocenters. The predicted octanol–water partition coefficient (Wildman–Crippen LogP) is 0.520. The van der Waals surface area contributed by atoms with Crippen LogP contribution in [0.1, 0.15) is 25.7 Å². The third-order valence-electron chi connectivity index (χ3n) is 4.16. The van der Waals surface area contributed by atoms with Gasteiger partial charge in [0.25, 0.3) is 0 Å². The van der Waals surface area contributed by atoms with Crippen molar-refractivity contribution in [3.8, 4) is 0 Å². The fourth-order valence-corrected chi connectivity index (χ4v) is 2.87. The molecule has 0 aromatic carbocycles. The largest absolute Gasteiger partial charge is 0.380 e. The zero-order chi connectivity index (χ0) is 12.1. The minimum absolute atomic E-state index is 0.444. The lowest BCUT2D eigenvalue weighted by molar-refractivity contribution is 0.0271. The lowest BCUT2D eigenvalue weighted by atomic mass is 10.1. The molecule has 0 aromatic rings. The smallest absolute Gasteiger partial charge is 0.0698 e. The van der Waals surface area contributed by atoms with Gasteiger partial charge in [-0.1, -0.05) is 0 Å². The van der Waals surface area contributed by atoms with Crippen LogP contribution in [0.15, 0.2) is 0 Å². The van der Waals surface area contributed by atoms with E-state index >= 15 is 0 Å². The van der Waals surface area contributed by atoms with Gasteiger partial charge in [-0.3, -0.25) is 4.90 Å². The van der Waals surface area contributed by atoms with Crippen LogP contribution in [0, 0.1) is 0 Å². The molecule has 0 radical (unpaired) electrons. The van der Waals surface area contributed by atoms with Crippen LogP contribution < -0.4 is 5.73 Å². The molecule has 100 valence electrons. The molecule has 4 nitrogen and oxygen atoms in total. The number of rotatable bonds is 4. The van der Waals surface area contributed by atoms with Gasteiger partial charge in [0.15, 0.2) is 0 Å². The van der Waals surface area contributed by atoms with Crippen LogP contribution in [0.2, 0.25) is 0 Å². The minimum atomic E-state index is 0.444. The summed E-state index contributed by atoms with van der Waals surface area (Å²) < 4.78 is 5.46. The number of nitrogens with zero attached hydrogens (tertiary/aromatic N) is 2. The van der Waals surface area contributed by atoms with E-state index in [1.807, 2.05) is 7.11 Å². The summed E-state index contributed by atoms with van der Waals surface area (Å²) in [4.78, 5) is 5.10. The average Bonchev–Trinajstić information content (AvgIpc) is 2.38. The Kier molecular flexibility index (Phi) is 5.22. The van der Waals surface area contributed by atoms with Crippen molar-refractivity contribution in [1.82, 2.24) is 9.80 Å². The van der Waals surface area contributed by atoms with E-state index in [1.54, 1.807) is 0 Å². The summed E-state index contributed by atoms with van der Waals surface area (Å²) in [5, 5.41) is 0. The molecule has 0 aliphatic carbocycles. The molecular formula is C13H27N3O. The van der Waals surface area contributed by atoms with Crippen LogP contribution in [0.25, 0.3) is 0 Å². The van der Waals surface area contributed by atoms with Crippen molar-refractivity contribution < 1.29 is 4.74 Å². The van der Waals surface area contributed by atoms with E-state index in [9.17, 15) is 0 Å². The van der Waals surface area contributed by atoms with Crippen molar-refractivity contribution in [3.05, 3.63) is 0 Å². The van der Waals surface area contributed by atoms with Gasteiger partial charge >= 0.3 is 0 Å². The third-order valence-corrected chi connectivity index (χ3v) is 4.16. The SMILES string of the molecule is COC1CCCN(CCN2CCC(N)CC2)C1. The Labute approximate surface area is 105 Å². The van der Waals surface area contributed by atoms with Gasteiger partial charge in [-0.05, 0) is 45.3 Å². The van der Waals surface area contributed by atoms with E-state index in [0.717, 1.165) is 6.54 Å². The van der Waals surface area contributed by atoms with Gasteiger partial charge in [0.2, 0.25) is 0 Å². The van der Waals surface area contributed by atoms with Gasteiger partial charge in [0.1, 0.15) is 0 Å². The molecule has 2 aliphatic rings. The molecule has 2 rings (SSSR count). The Bertz CT molecular complexity index is 217. The highest BCUT2D eigenvalue weighted by Crippen LogP contribution is 2.13. The number of piperidine rings is 2. The summed E-state index contributed by atoms with van der Waals surface area (Å²) >= 11 is 0. The number of ether oxygens (including phenoxy) is 1. The summed E-state index contributed by atoms with van der Waals surface area (Å²) in [5.41, 5.74) is 5.92. The molecule has 0 aromatic heterocycles. The van der Waals surface area contributed by atoms with E-state index < -0.39 is 0 Å². The maximum absolute atomic E-state index is 5.92. The zero-order valence-electron chi connectivity index (χ0n) is 11.1. The molecule has 1 unspecified atom stereocenters. The summed E-state index contributed by atoms with van der Waals surface area (Å²) in [6.45, 7) is 7.11. The van der Waals surface area contributed by atoms with E-state index in [-0.39, 0.29) is 0 Å². The van der Waals surface area contributed by atoms with Crippen molar-refractivity contribution in [1.29, 1.82) is 0 Å². The monoisotopic (exact) mass is 241 g/mol. The van der Waals surface area contributed by atoms with E-state index in [2.05, 4.69) is 9.80 Å². The fourth-order valence-electron chi connectivity index (χ4n) is 2.87. The highest BCUT2D eigenvalue weighted by molar-refractivity contribution is 4.77. The maximum atomic E-state index is 5.92. The molecule has 4 heteroatoms. The second-order valence-electron chi connectivity index (χ2n) is 5.48. The topological polar surface area (TPSA) is 41.7 Å². The van der Waals surface area contributed by atoms with Crippen molar-refractivity contribution in [2.75, 3.05) is 46.4 Å². The first-order chi connectivity index (χ1) is 8.28. The first-order valence-electron chi connectivity index (χ1n) is 7.01. The van der Waals surface area contributed by atoms with E-state index in [4.69, 9.17) is 10.5 Å². The Morgan fingerprint density at radius 1 is 1.06 bits per heavy atom. The van der Waals surface area contributed by atoms with Crippen molar-refractivity contribution >= 4 is 0 Å². The normalized spacial score (nSPS) is 29.6. The summed E-state index contributed by atoms with van der Waals surface area (Å²) in [6, 6.07) is 0.444. The van der Waals surface area contributed by atoms with Crippen LogP contribution in [0.5, 0.6) is 0 Å². The standard InChI is InChI=1S/C13H27N3O/c1-17-13-3-2-6-16(11-13)10-9-15-7-4-12(14)5-8-15/h12-13H,2-11,14H2,1H3. The molecular weight excluding hydrogens is 214 g/mol. The summed E-state index contributed by atoms with van der Waals surface area (Å²) in [6.07, 6.45) is 5.30. The molecule has 0 bridgehead atoms. The summed E-state index contributed by atoms with van der Waals surface area (Å²) in [7, 11) is 1.83. The quantitative estimate of drug-likeness (QED) is 0.779. The number of nitrogens with two attached hydrogens (primary N) is 1. The van der Waals surface area contributed by atoms with E-state index in [0.29, 0.717) is 12.1 Å². The molecule has 2 N–H and O–H groups in total. The molecule has 2 aliphatic heterocycles. The Balaban J connectivity index is 1.64. The lowest BCUT2D eigenvalue weighted by Gasteiger charge is -2.35. The van der Waals surface area contributed by atoms with Crippen LogP contribution in [-0.4, -0.2) is 68.3 Å². The van der Waals surface area contributed by atoms with E-state index in [1.165, 1.54) is 58.4 Å². The van der Waals surface area contributed by atoms with Crippen molar-refractivity contribution in [2.24, 2.45) is 5.73 Å². The fraction of sp³-hybridized carbons (Fsp3) is 1.00.